The highest BCUT2D eigenvalue weighted by atomic mass is 16.5. The molecule has 0 bridgehead atoms. The summed E-state index contributed by atoms with van der Waals surface area (Å²) in [5, 5.41) is 11.7. The van der Waals surface area contributed by atoms with E-state index in [4.69, 9.17) is 9.84 Å². The van der Waals surface area contributed by atoms with E-state index in [2.05, 4.69) is 5.32 Å². The van der Waals surface area contributed by atoms with Crippen molar-refractivity contribution < 1.29 is 24.2 Å². The number of para-hydroxylation sites is 1. The van der Waals surface area contributed by atoms with Crippen LogP contribution in [0, 0.1) is 5.92 Å². The van der Waals surface area contributed by atoms with Crippen LogP contribution in [0.15, 0.2) is 24.3 Å². The van der Waals surface area contributed by atoms with Gasteiger partial charge in [-0.1, -0.05) is 18.2 Å². The van der Waals surface area contributed by atoms with Crippen molar-refractivity contribution in [3.63, 3.8) is 0 Å². The van der Waals surface area contributed by atoms with Gasteiger partial charge in [-0.05, 0) is 25.0 Å². The van der Waals surface area contributed by atoms with Gasteiger partial charge in [-0.25, -0.2) is 0 Å². The van der Waals surface area contributed by atoms with Crippen molar-refractivity contribution in [3.05, 3.63) is 29.8 Å². The Kier molecular flexibility index (Phi) is 5.71. The highest BCUT2D eigenvalue weighted by Gasteiger charge is 2.28. The van der Waals surface area contributed by atoms with Gasteiger partial charge >= 0.3 is 11.9 Å². The summed E-state index contributed by atoms with van der Waals surface area (Å²) in [4.78, 5) is 33.9. The topological polar surface area (TPSA) is 92.7 Å². The van der Waals surface area contributed by atoms with Crippen LogP contribution in [0.3, 0.4) is 0 Å². The average Bonchev–Trinajstić information content (AvgIpc) is 2.36. The molecular formula is C14H17NO5. The van der Waals surface area contributed by atoms with E-state index in [0.717, 1.165) is 0 Å². The number of carboxylic acid groups (broad SMARTS) is 1. The van der Waals surface area contributed by atoms with Gasteiger partial charge in [0.05, 0.1) is 6.61 Å². The van der Waals surface area contributed by atoms with Gasteiger partial charge in [-0.2, -0.15) is 0 Å². The first-order valence-electron chi connectivity index (χ1n) is 6.20. The summed E-state index contributed by atoms with van der Waals surface area (Å²) in [5.74, 6) is -3.58. The van der Waals surface area contributed by atoms with Crippen LogP contribution in [0.25, 0.3) is 0 Å². The largest absolute Gasteiger partial charge is 0.481 e. The lowest BCUT2D eigenvalue weighted by molar-refractivity contribution is -0.158. The summed E-state index contributed by atoms with van der Waals surface area (Å²) in [6.45, 7) is 3.09. The standard InChI is InChI=1S/C14H17NO5/c1-3-20-14(19)11(13(17)18)8-10-6-4-5-7-12(10)15-9(2)16/h4-7,11H,3,8H2,1-2H3,(H,15,16)(H,17,18). The second-order valence-corrected chi connectivity index (χ2v) is 4.19. The van der Waals surface area contributed by atoms with Gasteiger partial charge in [-0.15, -0.1) is 0 Å². The normalized spacial score (nSPS) is 11.5. The number of esters is 1. The van der Waals surface area contributed by atoms with Gasteiger partial charge < -0.3 is 15.2 Å². The molecule has 6 nitrogen and oxygen atoms in total. The zero-order valence-electron chi connectivity index (χ0n) is 11.4. The SMILES string of the molecule is CCOC(=O)C(Cc1ccccc1NC(C)=O)C(=O)O. The van der Waals surface area contributed by atoms with Crippen molar-refractivity contribution in [3.8, 4) is 0 Å². The quantitative estimate of drug-likeness (QED) is 0.607. The van der Waals surface area contributed by atoms with Crippen LogP contribution < -0.4 is 5.32 Å². The molecule has 0 fully saturated rings. The molecule has 2 N–H and O–H groups in total. The lowest BCUT2D eigenvalue weighted by Gasteiger charge is -2.14. The van der Waals surface area contributed by atoms with Crippen LogP contribution in [0.5, 0.6) is 0 Å². The fourth-order valence-corrected chi connectivity index (χ4v) is 1.74. The highest BCUT2D eigenvalue weighted by molar-refractivity contribution is 5.95. The van der Waals surface area contributed by atoms with Crippen molar-refractivity contribution in [2.75, 3.05) is 11.9 Å². The molecule has 1 aromatic carbocycles. The Morgan fingerprint density at radius 2 is 1.95 bits per heavy atom. The molecule has 1 rings (SSSR count). The molecule has 0 saturated heterocycles. The summed E-state index contributed by atoms with van der Waals surface area (Å²) in [7, 11) is 0. The first kappa shape index (κ1) is 15.7. The van der Waals surface area contributed by atoms with E-state index in [9.17, 15) is 14.4 Å². The summed E-state index contributed by atoms with van der Waals surface area (Å²) < 4.78 is 4.75. The van der Waals surface area contributed by atoms with Crippen LogP contribution in [-0.4, -0.2) is 29.6 Å². The summed E-state index contributed by atoms with van der Waals surface area (Å²) >= 11 is 0. The van der Waals surface area contributed by atoms with Crippen molar-refractivity contribution >= 4 is 23.5 Å². The van der Waals surface area contributed by atoms with Crippen molar-refractivity contribution in [2.24, 2.45) is 5.92 Å². The van der Waals surface area contributed by atoms with Gasteiger partial charge in [0.15, 0.2) is 5.92 Å². The molecule has 0 heterocycles. The third kappa shape index (κ3) is 4.38. The van der Waals surface area contributed by atoms with Gasteiger partial charge in [-0.3, -0.25) is 14.4 Å². The minimum atomic E-state index is -1.29. The minimum absolute atomic E-state index is 0.0371. The van der Waals surface area contributed by atoms with Crippen LogP contribution in [-0.2, 0) is 25.5 Å². The lowest BCUT2D eigenvalue weighted by atomic mass is 9.98. The van der Waals surface area contributed by atoms with Gasteiger partial charge in [0.25, 0.3) is 0 Å². The number of nitrogens with one attached hydrogen (secondary N) is 1. The molecule has 0 aliphatic heterocycles. The van der Waals surface area contributed by atoms with Gasteiger partial charge in [0.1, 0.15) is 0 Å². The Hall–Kier alpha value is -2.37. The fourth-order valence-electron chi connectivity index (χ4n) is 1.74. The number of ether oxygens (including phenoxy) is 1. The Bertz CT molecular complexity index is 512. The summed E-state index contributed by atoms with van der Waals surface area (Å²) in [5.41, 5.74) is 1.07. The minimum Gasteiger partial charge on any atom is -0.481 e. The number of anilines is 1. The van der Waals surface area contributed by atoms with Crippen LogP contribution in [0.2, 0.25) is 0 Å². The van der Waals surface area contributed by atoms with Gasteiger partial charge in [0.2, 0.25) is 5.91 Å². The first-order chi connectivity index (χ1) is 9.45. The highest BCUT2D eigenvalue weighted by Crippen LogP contribution is 2.20. The molecule has 0 aliphatic rings. The molecule has 20 heavy (non-hydrogen) atoms. The van der Waals surface area contributed by atoms with E-state index in [1.165, 1.54) is 6.92 Å². The Morgan fingerprint density at radius 3 is 2.50 bits per heavy atom. The van der Waals surface area contributed by atoms with E-state index >= 15 is 0 Å². The number of hydrogen-bond donors (Lipinski definition) is 2. The molecule has 1 unspecified atom stereocenters. The maximum absolute atomic E-state index is 11.6. The summed E-state index contributed by atoms with van der Waals surface area (Å²) in [6, 6.07) is 6.75. The third-order valence-corrected chi connectivity index (χ3v) is 2.62. The van der Waals surface area contributed by atoms with Crippen molar-refractivity contribution in [2.45, 2.75) is 20.3 Å². The van der Waals surface area contributed by atoms with E-state index in [1.54, 1.807) is 31.2 Å². The second kappa shape index (κ2) is 7.28. The average molecular weight is 279 g/mol. The number of carbonyl (C=O) groups is 3. The number of rotatable bonds is 6. The number of aliphatic carboxylic acids is 1. The molecule has 0 aliphatic carbocycles. The Balaban J connectivity index is 2.96. The lowest BCUT2D eigenvalue weighted by Crippen LogP contribution is -2.28. The number of carboxylic acids is 1. The zero-order valence-corrected chi connectivity index (χ0v) is 11.4. The molecule has 1 amide bonds. The molecule has 1 atom stereocenters. The van der Waals surface area contributed by atoms with E-state index in [-0.39, 0.29) is 18.9 Å². The maximum atomic E-state index is 11.6. The smallest absolute Gasteiger partial charge is 0.320 e. The first-order valence-corrected chi connectivity index (χ1v) is 6.20. The molecule has 6 heteroatoms. The van der Waals surface area contributed by atoms with E-state index in [0.29, 0.717) is 11.3 Å². The number of benzene rings is 1. The Labute approximate surface area is 116 Å². The molecule has 0 radical (unpaired) electrons. The van der Waals surface area contributed by atoms with Crippen molar-refractivity contribution in [1.29, 1.82) is 0 Å². The number of amides is 1. The third-order valence-electron chi connectivity index (χ3n) is 2.62. The zero-order chi connectivity index (χ0) is 15.1. The monoisotopic (exact) mass is 279 g/mol. The second-order valence-electron chi connectivity index (χ2n) is 4.19. The summed E-state index contributed by atoms with van der Waals surface area (Å²) in [6.07, 6.45) is -0.0371. The molecule has 0 aromatic heterocycles. The molecule has 108 valence electrons. The Morgan fingerprint density at radius 1 is 1.30 bits per heavy atom. The predicted octanol–water partition coefficient (Wildman–Crippen LogP) is 1.45. The fraction of sp³-hybridized carbons (Fsp3) is 0.357. The number of carbonyl (C=O) groups excluding carboxylic acids is 2. The van der Waals surface area contributed by atoms with E-state index in [1.807, 2.05) is 0 Å². The van der Waals surface area contributed by atoms with Crippen LogP contribution >= 0.6 is 0 Å². The molecule has 0 saturated carbocycles. The number of hydrogen-bond acceptors (Lipinski definition) is 4. The van der Waals surface area contributed by atoms with Crippen LogP contribution in [0.4, 0.5) is 5.69 Å². The molecule has 0 spiro atoms. The van der Waals surface area contributed by atoms with E-state index < -0.39 is 17.9 Å². The molecule has 1 aromatic rings. The van der Waals surface area contributed by atoms with Crippen LogP contribution in [0.1, 0.15) is 19.4 Å². The predicted molar refractivity (Wildman–Crippen MR) is 72.2 cm³/mol. The molecular weight excluding hydrogens is 262 g/mol. The maximum Gasteiger partial charge on any atom is 0.320 e. The van der Waals surface area contributed by atoms with Crippen molar-refractivity contribution in [1.82, 2.24) is 0 Å². The van der Waals surface area contributed by atoms with Gasteiger partial charge in [0, 0.05) is 12.6 Å².